The minimum atomic E-state index is -0.157. The summed E-state index contributed by atoms with van der Waals surface area (Å²) in [4.78, 5) is 15.3. The predicted molar refractivity (Wildman–Crippen MR) is 125 cm³/mol. The molecule has 1 saturated heterocycles. The first-order chi connectivity index (χ1) is 14.6. The van der Waals surface area contributed by atoms with Crippen molar-refractivity contribution in [2.75, 3.05) is 29.9 Å². The highest BCUT2D eigenvalue weighted by Gasteiger charge is 2.15. The lowest BCUT2D eigenvalue weighted by molar-refractivity contribution is 0.102. The smallest absolute Gasteiger partial charge is 0.258 e. The van der Waals surface area contributed by atoms with Crippen LogP contribution in [-0.4, -0.2) is 45.2 Å². The molecule has 1 fully saturated rings. The van der Waals surface area contributed by atoms with E-state index in [9.17, 15) is 4.79 Å². The van der Waals surface area contributed by atoms with Crippen LogP contribution in [0.25, 0.3) is 0 Å². The van der Waals surface area contributed by atoms with Crippen LogP contribution in [0.15, 0.2) is 54.9 Å². The zero-order valence-corrected chi connectivity index (χ0v) is 18.5. The lowest BCUT2D eigenvalue weighted by Crippen LogP contribution is -2.32. The Morgan fingerprint density at radius 1 is 1.10 bits per heavy atom. The van der Waals surface area contributed by atoms with Crippen molar-refractivity contribution in [1.82, 2.24) is 14.7 Å². The maximum absolute atomic E-state index is 12.8. The number of thioether (sulfide) groups is 1. The lowest BCUT2D eigenvalue weighted by Gasteiger charge is -2.27. The average molecular weight is 441 g/mol. The van der Waals surface area contributed by atoms with Crippen molar-refractivity contribution >= 4 is 35.0 Å². The molecule has 5 nitrogen and oxygen atoms in total. The van der Waals surface area contributed by atoms with Gasteiger partial charge in [0.1, 0.15) is 0 Å². The molecule has 1 amide bonds. The summed E-state index contributed by atoms with van der Waals surface area (Å²) in [6.07, 6.45) is 3.35. The number of nitrogens with zero attached hydrogens (tertiary/aromatic N) is 3. The molecule has 30 heavy (non-hydrogen) atoms. The van der Waals surface area contributed by atoms with Gasteiger partial charge in [0.05, 0.1) is 18.3 Å². The van der Waals surface area contributed by atoms with Crippen LogP contribution in [0.1, 0.15) is 27.0 Å². The molecule has 1 aliphatic rings. The quantitative estimate of drug-likeness (QED) is 0.603. The molecule has 3 aromatic rings. The molecule has 0 saturated carbocycles. The normalized spacial score (nSPS) is 14.6. The number of amides is 1. The fraction of sp³-hybridized carbons (Fsp3) is 0.304. The lowest BCUT2D eigenvalue weighted by atomic mass is 10.1. The zero-order chi connectivity index (χ0) is 20.9. The zero-order valence-electron chi connectivity index (χ0n) is 17.0. The van der Waals surface area contributed by atoms with Crippen LogP contribution < -0.4 is 5.32 Å². The first kappa shape index (κ1) is 21.0. The Morgan fingerprint density at radius 3 is 2.67 bits per heavy atom. The summed E-state index contributed by atoms with van der Waals surface area (Å²) >= 11 is 8.24. The van der Waals surface area contributed by atoms with Gasteiger partial charge in [-0.05, 0) is 35.7 Å². The second-order valence-electron chi connectivity index (χ2n) is 7.45. The molecule has 4 rings (SSSR count). The number of hydrogen-bond acceptors (Lipinski definition) is 4. The van der Waals surface area contributed by atoms with Crippen LogP contribution in [0.2, 0.25) is 5.02 Å². The van der Waals surface area contributed by atoms with Gasteiger partial charge in [0, 0.05) is 48.0 Å². The van der Waals surface area contributed by atoms with Crippen LogP contribution in [0.3, 0.4) is 0 Å². The van der Waals surface area contributed by atoms with E-state index >= 15 is 0 Å². The number of carbonyl (C=O) groups excluding carboxylic acids is 1. The maximum Gasteiger partial charge on any atom is 0.258 e. The number of hydrogen-bond donors (Lipinski definition) is 1. The number of benzene rings is 2. The SMILES string of the molecule is Cc1c(CN2CCSCC2)cccc1NC(=O)c1cnn(Cc2ccccc2Cl)c1. The van der Waals surface area contributed by atoms with E-state index in [1.54, 1.807) is 17.1 Å². The van der Waals surface area contributed by atoms with E-state index in [1.807, 2.05) is 48.2 Å². The molecule has 0 spiro atoms. The number of halogens is 1. The Morgan fingerprint density at radius 2 is 1.87 bits per heavy atom. The van der Waals surface area contributed by atoms with E-state index in [-0.39, 0.29) is 5.91 Å². The Labute approximate surface area is 186 Å². The van der Waals surface area contributed by atoms with Gasteiger partial charge in [0.2, 0.25) is 0 Å². The van der Waals surface area contributed by atoms with Crippen LogP contribution in [0.5, 0.6) is 0 Å². The molecule has 0 unspecified atom stereocenters. The van der Waals surface area contributed by atoms with Crippen LogP contribution in [-0.2, 0) is 13.1 Å². The third-order valence-corrected chi connectivity index (χ3v) is 6.69. The molecule has 2 aromatic carbocycles. The van der Waals surface area contributed by atoms with Gasteiger partial charge in [-0.15, -0.1) is 0 Å². The molecule has 0 aliphatic carbocycles. The molecule has 156 valence electrons. The Kier molecular flexibility index (Phi) is 6.77. The molecule has 1 aromatic heterocycles. The van der Waals surface area contributed by atoms with Crippen LogP contribution >= 0.6 is 23.4 Å². The second kappa shape index (κ2) is 9.69. The number of nitrogens with one attached hydrogen (secondary N) is 1. The highest BCUT2D eigenvalue weighted by atomic mass is 35.5. The van der Waals surface area contributed by atoms with Crippen molar-refractivity contribution < 1.29 is 4.79 Å². The Hall–Kier alpha value is -2.28. The highest BCUT2D eigenvalue weighted by molar-refractivity contribution is 7.99. The van der Waals surface area contributed by atoms with E-state index in [4.69, 9.17) is 11.6 Å². The molecule has 0 bridgehead atoms. The van der Waals surface area contributed by atoms with Crippen molar-refractivity contribution in [3.05, 3.63) is 82.1 Å². The van der Waals surface area contributed by atoms with Gasteiger partial charge in [-0.2, -0.15) is 16.9 Å². The van der Waals surface area contributed by atoms with Crippen molar-refractivity contribution in [2.45, 2.75) is 20.0 Å². The van der Waals surface area contributed by atoms with Gasteiger partial charge in [-0.1, -0.05) is 41.9 Å². The van der Waals surface area contributed by atoms with Gasteiger partial charge in [-0.3, -0.25) is 14.4 Å². The van der Waals surface area contributed by atoms with E-state index in [0.29, 0.717) is 17.1 Å². The predicted octanol–water partition coefficient (Wildman–Crippen LogP) is 4.69. The number of anilines is 1. The summed E-state index contributed by atoms with van der Waals surface area (Å²) in [5.41, 5.74) is 4.72. The summed E-state index contributed by atoms with van der Waals surface area (Å²) in [5, 5.41) is 8.07. The summed E-state index contributed by atoms with van der Waals surface area (Å²) in [6, 6.07) is 13.8. The maximum atomic E-state index is 12.8. The molecule has 7 heteroatoms. The molecule has 0 radical (unpaired) electrons. The van der Waals surface area contributed by atoms with Crippen LogP contribution in [0, 0.1) is 6.92 Å². The number of rotatable bonds is 6. The van der Waals surface area contributed by atoms with E-state index in [1.165, 1.54) is 17.1 Å². The number of aromatic nitrogens is 2. The summed E-state index contributed by atoms with van der Waals surface area (Å²) in [7, 11) is 0. The summed E-state index contributed by atoms with van der Waals surface area (Å²) in [5.74, 6) is 2.22. The fourth-order valence-corrected chi connectivity index (χ4v) is 4.73. The third kappa shape index (κ3) is 5.06. The standard InChI is InChI=1S/C23H25ClN4OS/c1-17-18(14-27-9-11-30-12-10-27)6-4-8-22(17)26-23(29)20-13-25-28(16-20)15-19-5-2-3-7-21(19)24/h2-8,13,16H,9-12,14-15H2,1H3,(H,26,29). The molecular weight excluding hydrogens is 416 g/mol. The molecule has 1 aliphatic heterocycles. The topological polar surface area (TPSA) is 50.2 Å². The third-order valence-electron chi connectivity index (χ3n) is 5.38. The largest absolute Gasteiger partial charge is 0.322 e. The van der Waals surface area contributed by atoms with Crippen molar-refractivity contribution in [2.24, 2.45) is 0 Å². The molecule has 2 heterocycles. The van der Waals surface area contributed by atoms with Gasteiger partial charge in [-0.25, -0.2) is 0 Å². The second-order valence-corrected chi connectivity index (χ2v) is 9.08. The Balaban J connectivity index is 1.43. The van der Waals surface area contributed by atoms with E-state index in [0.717, 1.165) is 36.4 Å². The van der Waals surface area contributed by atoms with Crippen molar-refractivity contribution in [1.29, 1.82) is 0 Å². The van der Waals surface area contributed by atoms with Crippen LogP contribution in [0.4, 0.5) is 5.69 Å². The van der Waals surface area contributed by atoms with Crippen molar-refractivity contribution in [3.8, 4) is 0 Å². The fourth-order valence-electron chi connectivity index (χ4n) is 3.55. The summed E-state index contributed by atoms with van der Waals surface area (Å²) in [6.45, 7) is 5.75. The monoisotopic (exact) mass is 440 g/mol. The minimum absolute atomic E-state index is 0.157. The number of carbonyl (C=O) groups is 1. The van der Waals surface area contributed by atoms with Gasteiger partial charge in [0.25, 0.3) is 5.91 Å². The first-order valence-electron chi connectivity index (χ1n) is 10.1. The highest BCUT2D eigenvalue weighted by Crippen LogP contribution is 2.23. The van der Waals surface area contributed by atoms with Gasteiger partial charge < -0.3 is 5.32 Å². The minimum Gasteiger partial charge on any atom is -0.322 e. The van der Waals surface area contributed by atoms with E-state index < -0.39 is 0 Å². The van der Waals surface area contributed by atoms with E-state index in [2.05, 4.69) is 28.3 Å². The first-order valence-corrected chi connectivity index (χ1v) is 11.6. The van der Waals surface area contributed by atoms with Gasteiger partial charge in [0.15, 0.2) is 0 Å². The van der Waals surface area contributed by atoms with Gasteiger partial charge >= 0.3 is 0 Å². The molecular formula is C23H25ClN4OS. The molecule has 0 atom stereocenters. The Bertz CT molecular complexity index is 1030. The average Bonchev–Trinajstić information content (AvgIpc) is 3.22. The van der Waals surface area contributed by atoms with Crippen molar-refractivity contribution in [3.63, 3.8) is 0 Å². The summed E-state index contributed by atoms with van der Waals surface area (Å²) < 4.78 is 1.73. The molecule has 1 N–H and O–H groups in total.